The summed E-state index contributed by atoms with van der Waals surface area (Å²) in [6.07, 6.45) is -4.72. The van der Waals surface area contributed by atoms with Crippen molar-refractivity contribution in [3.8, 4) is 5.75 Å². The molecule has 0 spiro atoms. The van der Waals surface area contributed by atoms with Gasteiger partial charge in [-0.25, -0.2) is 0 Å². The van der Waals surface area contributed by atoms with Gasteiger partial charge in [0.2, 0.25) is 0 Å². The Morgan fingerprint density at radius 3 is 2.37 bits per heavy atom. The second-order valence-electron chi connectivity index (χ2n) is 6.94. The van der Waals surface area contributed by atoms with Crippen LogP contribution in [0.3, 0.4) is 0 Å². The predicted octanol–water partition coefficient (Wildman–Crippen LogP) is 4.15. The minimum absolute atomic E-state index is 0.0504. The molecule has 27 heavy (non-hydrogen) atoms. The minimum atomic E-state index is -4.72. The lowest BCUT2D eigenvalue weighted by Crippen LogP contribution is -2.33. The number of aryl methyl sites for hydroxylation is 1. The highest BCUT2D eigenvalue weighted by Crippen LogP contribution is 2.37. The molecule has 2 aromatic carbocycles. The Labute approximate surface area is 156 Å². The Bertz CT molecular complexity index is 832. The SMILES string of the molecule is Cc1cccc2c1C(=O)N(Cc1ccc(OC(F)(F)F)cc1)C2CN(C)C. The number of likely N-dealkylation sites (N-methyl/N-ethyl adjacent to an activating group) is 1. The molecular formula is C20H21F3N2O2. The van der Waals surface area contributed by atoms with E-state index in [1.54, 1.807) is 17.0 Å². The van der Waals surface area contributed by atoms with E-state index in [0.717, 1.165) is 22.3 Å². The van der Waals surface area contributed by atoms with Crippen molar-refractivity contribution in [3.63, 3.8) is 0 Å². The van der Waals surface area contributed by atoms with E-state index in [4.69, 9.17) is 0 Å². The summed E-state index contributed by atoms with van der Waals surface area (Å²) in [4.78, 5) is 16.8. The van der Waals surface area contributed by atoms with Gasteiger partial charge in [0.25, 0.3) is 5.91 Å². The predicted molar refractivity (Wildman–Crippen MR) is 95.5 cm³/mol. The number of halogens is 3. The molecule has 0 aliphatic carbocycles. The maximum Gasteiger partial charge on any atom is 0.573 e. The van der Waals surface area contributed by atoms with Gasteiger partial charge in [-0.05, 0) is 49.8 Å². The summed E-state index contributed by atoms with van der Waals surface area (Å²) in [5, 5.41) is 0. The number of amides is 1. The van der Waals surface area contributed by atoms with E-state index in [0.29, 0.717) is 13.1 Å². The highest BCUT2D eigenvalue weighted by atomic mass is 19.4. The number of benzene rings is 2. The molecule has 0 fully saturated rings. The highest BCUT2D eigenvalue weighted by Gasteiger charge is 2.37. The molecule has 0 aromatic heterocycles. The first-order chi connectivity index (χ1) is 12.7. The van der Waals surface area contributed by atoms with Gasteiger partial charge >= 0.3 is 6.36 Å². The molecule has 0 N–H and O–H groups in total. The molecule has 4 nitrogen and oxygen atoms in total. The largest absolute Gasteiger partial charge is 0.573 e. The fraction of sp³-hybridized carbons (Fsp3) is 0.350. The van der Waals surface area contributed by atoms with Crippen LogP contribution in [-0.2, 0) is 6.54 Å². The van der Waals surface area contributed by atoms with Crippen molar-refractivity contribution in [3.05, 3.63) is 64.7 Å². The molecule has 1 aliphatic rings. The molecule has 0 saturated heterocycles. The third-order valence-corrected chi connectivity index (χ3v) is 4.56. The van der Waals surface area contributed by atoms with Crippen molar-refractivity contribution in [1.82, 2.24) is 9.80 Å². The van der Waals surface area contributed by atoms with E-state index in [9.17, 15) is 18.0 Å². The standard InChI is InChI=1S/C20H21F3N2O2/c1-13-5-4-6-16-17(12-24(2)3)25(19(26)18(13)16)11-14-7-9-15(10-8-14)27-20(21,22)23/h4-10,17H,11-12H2,1-3H3. The van der Waals surface area contributed by atoms with E-state index < -0.39 is 6.36 Å². The summed E-state index contributed by atoms with van der Waals surface area (Å²) in [7, 11) is 3.89. The third-order valence-electron chi connectivity index (χ3n) is 4.56. The first-order valence-corrected chi connectivity index (χ1v) is 8.55. The van der Waals surface area contributed by atoms with Crippen LogP contribution in [-0.4, -0.2) is 42.7 Å². The first-order valence-electron chi connectivity index (χ1n) is 8.55. The van der Waals surface area contributed by atoms with E-state index in [1.165, 1.54) is 12.1 Å². The van der Waals surface area contributed by atoms with Gasteiger partial charge in [-0.2, -0.15) is 0 Å². The summed E-state index contributed by atoms with van der Waals surface area (Å²) in [6.45, 7) is 2.89. The topological polar surface area (TPSA) is 32.8 Å². The van der Waals surface area contributed by atoms with Gasteiger partial charge in [0.15, 0.2) is 0 Å². The summed E-state index contributed by atoms with van der Waals surface area (Å²) in [6, 6.07) is 11.4. The molecule has 1 atom stereocenters. The van der Waals surface area contributed by atoms with Crippen LogP contribution in [0.5, 0.6) is 5.75 Å². The van der Waals surface area contributed by atoms with E-state index in [1.807, 2.05) is 44.1 Å². The molecule has 0 bridgehead atoms. The number of fused-ring (bicyclic) bond motifs is 1. The van der Waals surface area contributed by atoms with Crippen molar-refractivity contribution < 1.29 is 22.7 Å². The summed E-state index contributed by atoms with van der Waals surface area (Å²) < 4.78 is 40.8. The fourth-order valence-corrected chi connectivity index (χ4v) is 3.43. The van der Waals surface area contributed by atoms with Gasteiger partial charge in [-0.3, -0.25) is 4.79 Å². The molecule has 144 valence electrons. The molecule has 3 rings (SSSR count). The molecule has 1 heterocycles. The van der Waals surface area contributed by atoms with E-state index >= 15 is 0 Å². The Balaban J connectivity index is 1.85. The number of carbonyl (C=O) groups is 1. The van der Waals surface area contributed by atoms with E-state index in [2.05, 4.69) is 4.74 Å². The lowest BCUT2D eigenvalue weighted by atomic mass is 10.00. The smallest absolute Gasteiger partial charge is 0.406 e. The van der Waals surface area contributed by atoms with Crippen molar-refractivity contribution in [2.45, 2.75) is 25.9 Å². The van der Waals surface area contributed by atoms with Crippen LogP contribution in [0, 0.1) is 6.92 Å². The zero-order chi connectivity index (χ0) is 19.8. The van der Waals surface area contributed by atoms with Crippen LogP contribution < -0.4 is 4.74 Å². The maximum atomic E-state index is 13.0. The second kappa shape index (κ2) is 7.23. The molecule has 1 amide bonds. The van der Waals surface area contributed by atoms with Crippen molar-refractivity contribution in [2.24, 2.45) is 0 Å². The molecule has 0 saturated carbocycles. The molecular weight excluding hydrogens is 357 g/mol. The first kappa shape index (κ1) is 19.2. The van der Waals surface area contributed by atoms with Crippen molar-refractivity contribution >= 4 is 5.91 Å². The fourth-order valence-electron chi connectivity index (χ4n) is 3.43. The van der Waals surface area contributed by atoms with Gasteiger partial charge in [0.05, 0.1) is 6.04 Å². The highest BCUT2D eigenvalue weighted by molar-refractivity contribution is 6.00. The summed E-state index contributed by atoms with van der Waals surface area (Å²) >= 11 is 0. The zero-order valence-electron chi connectivity index (χ0n) is 15.4. The Kier molecular flexibility index (Phi) is 5.15. The molecule has 1 aliphatic heterocycles. The lowest BCUT2D eigenvalue weighted by molar-refractivity contribution is -0.274. The van der Waals surface area contributed by atoms with Crippen LogP contribution >= 0.6 is 0 Å². The normalized spacial score (nSPS) is 16.8. The van der Waals surface area contributed by atoms with E-state index in [-0.39, 0.29) is 17.7 Å². The number of hydrogen-bond donors (Lipinski definition) is 0. The monoisotopic (exact) mass is 378 g/mol. The second-order valence-corrected chi connectivity index (χ2v) is 6.94. The Morgan fingerprint density at radius 2 is 1.78 bits per heavy atom. The molecule has 0 radical (unpaired) electrons. The number of nitrogens with zero attached hydrogens (tertiary/aromatic N) is 2. The summed E-state index contributed by atoms with van der Waals surface area (Å²) in [5.41, 5.74) is 3.39. The van der Waals surface area contributed by atoms with Crippen molar-refractivity contribution in [2.75, 3.05) is 20.6 Å². The number of rotatable bonds is 5. The quantitative estimate of drug-likeness (QED) is 0.784. The number of carbonyl (C=O) groups excluding carboxylic acids is 1. The van der Waals surface area contributed by atoms with Crippen LogP contribution in [0.25, 0.3) is 0 Å². The van der Waals surface area contributed by atoms with Gasteiger partial charge < -0.3 is 14.5 Å². The molecule has 7 heteroatoms. The lowest BCUT2D eigenvalue weighted by Gasteiger charge is -2.28. The third kappa shape index (κ3) is 4.24. The van der Waals surface area contributed by atoms with Gasteiger partial charge in [0, 0.05) is 18.7 Å². The maximum absolute atomic E-state index is 13.0. The zero-order valence-corrected chi connectivity index (χ0v) is 15.4. The van der Waals surface area contributed by atoms with Crippen LogP contribution in [0.1, 0.15) is 33.1 Å². The number of ether oxygens (including phenoxy) is 1. The minimum Gasteiger partial charge on any atom is -0.406 e. The number of alkyl halides is 3. The van der Waals surface area contributed by atoms with Crippen LogP contribution in [0.15, 0.2) is 42.5 Å². The van der Waals surface area contributed by atoms with Gasteiger partial charge in [0.1, 0.15) is 5.75 Å². The summed E-state index contributed by atoms with van der Waals surface area (Å²) in [5.74, 6) is -0.325. The van der Waals surface area contributed by atoms with Gasteiger partial charge in [-0.15, -0.1) is 13.2 Å². The average molecular weight is 378 g/mol. The van der Waals surface area contributed by atoms with Crippen LogP contribution in [0.2, 0.25) is 0 Å². The molecule has 2 aromatic rings. The average Bonchev–Trinajstić information content (AvgIpc) is 2.81. The Hall–Kier alpha value is -2.54. The van der Waals surface area contributed by atoms with Crippen LogP contribution in [0.4, 0.5) is 13.2 Å². The van der Waals surface area contributed by atoms with Gasteiger partial charge in [-0.1, -0.05) is 30.3 Å². The number of hydrogen-bond acceptors (Lipinski definition) is 3. The Morgan fingerprint density at radius 1 is 1.11 bits per heavy atom. The van der Waals surface area contributed by atoms with Crippen molar-refractivity contribution in [1.29, 1.82) is 0 Å². The molecule has 1 unspecified atom stereocenters.